The van der Waals surface area contributed by atoms with Crippen LogP contribution >= 0.6 is 0 Å². The number of nitrogens with one attached hydrogen (secondary N) is 2. The summed E-state index contributed by atoms with van der Waals surface area (Å²) in [6, 6.07) is 2.99. The summed E-state index contributed by atoms with van der Waals surface area (Å²) in [5, 5.41) is 5.20. The minimum Gasteiger partial charge on any atom is -0.491 e. The first-order valence-corrected chi connectivity index (χ1v) is 9.28. The Morgan fingerprint density at radius 1 is 1.25 bits per heavy atom. The second-order valence-electron chi connectivity index (χ2n) is 6.55. The molecule has 0 saturated heterocycles. The molecule has 32 heavy (non-hydrogen) atoms. The van der Waals surface area contributed by atoms with Gasteiger partial charge in [0.05, 0.1) is 18.1 Å². The smallest absolute Gasteiger partial charge is 0.267 e. The van der Waals surface area contributed by atoms with Crippen molar-refractivity contribution in [3.8, 4) is 11.5 Å². The van der Waals surface area contributed by atoms with Gasteiger partial charge in [0.1, 0.15) is 5.52 Å². The second kappa shape index (κ2) is 9.12. The molecule has 166 valence electrons. The second-order valence-corrected chi connectivity index (χ2v) is 6.55. The number of anilines is 2. The molecule has 0 radical (unpaired) electrons. The summed E-state index contributed by atoms with van der Waals surface area (Å²) in [5.41, 5.74) is 5.53. The van der Waals surface area contributed by atoms with Crippen LogP contribution in [0.2, 0.25) is 0 Å². The summed E-state index contributed by atoms with van der Waals surface area (Å²) < 4.78 is 12.0. The third-order valence-corrected chi connectivity index (χ3v) is 4.34. The van der Waals surface area contributed by atoms with E-state index in [-0.39, 0.29) is 52.4 Å². The van der Waals surface area contributed by atoms with Crippen molar-refractivity contribution in [3.63, 3.8) is 0 Å². The van der Waals surface area contributed by atoms with Crippen LogP contribution in [0.1, 0.15) is 17.3 Å². The van der Waals surface area contributed by atoms with Gasteiger partial charge >= 0.3 is 0 Å². The van der Waals surface area contributed by atoms with Crippen LogP contribution in [0.25, 0.3) is 16.6 Å². The molecule has 0 aliphatic rings. The molecule has 12 nitrogen and oxygen atoms in total. The molecule has 2 amide bonds. The predicted octanol–water partition coefficient (Wildman–Crippen LogP) is 0.645. The summed E-state index contributed by atoms with van der Waals surface area (Å²) in [5.74, 6) is -0.720. The summed E-state index contributed by atoms with van der Waals surface area (Å²) in [6.07, 6.45) is 2.49. The zero-order valence-electron chi connectivity index (χ0n) is 17.6. The van der Waals surface area contributed by atoms with E-state index >= 15 is 0 Å². The largest absolute Gasteiger partial charge is 0.491 e. The number of allylic oxidation sites excluding steroid dienone is 1. The number of carbonyl (C=O) groups excluding carboxylic acids is 2. The van der Waals surface area contributed by atoms with Crippen molar-refractivity contribution in [2.24, 2.45) is 0 Å². The molecule has 0 bridgehead atoms. The molecule has 4 N–H and O–H groups in total. The Kier molecular flexibility index (Phi) is 6.33. The lowest BCUT2D eigenvalue weighted by molar-refractivity contribution is -0.122. The van der Waals surface area contributed by atoms with Crippen molar-refractivity contribution in [2.75, 3.05) is 31.8 Å². The van der Waals surface area contributed by atoms with Gasteiger partial charge in [-0.05, 0) is 19.1 Å². The van der Waals surface area contributed by atoms with Gasteiger partial charge in [0.25, 0.3) is 17.4 Å². The maximum absolute atomic E-state index is 13.2. The van der Waals surface area contributed by atoms with Crippen molar-refractivity contribution in [1.82, 2.24) is 24.8 Å². The number of fused-ring (bicyclic) bond motifs is 1. The summed E-state index contributed by atoms with van der Waals surface area (Å²) >= 11 is 0. The van der Waals surface area contributed by atoms with Crippen molar-refractivity contribution < 1.29 is 19.1 Å². The van der Waals surface area contributed by atoms with Crippen molar-refractivity contribution in [3.05, 3.63) is 47.0 Å². The van der Waals surface area contributed by atoms with E-state index in [9.17, 15) is 14.4 Å². The number of nitrogen functional groups attached to an aromatic ring is 1. The molecule has 0 aliphatic carbocycles. The topological polar surface area (TPSA) is 163 Å². The van der Waals surface area contributed by atoms with Crippen molar-refractivity contribution >= 4 is 40.3 Å². The van der Waals surface area contributed by atoms with Crippen molar-refractivity contribution in [1.29, 1.82) is 0 Å². The van der Waals surface area contributed by atoms with Gasteiger partial charge in [-0.1, -0.05) is 6.58 Å². The maximum atomic E-state index is 13.2. The number of amides is 2. The first-order valence-electron chi connectivity index (χ1n) is 9.28. The van der Waals surface area contributed by atoms with Crippen LogP contribution in [0, 0.1) is 0 Å². The number of rotatable bonds is 7. The number of benzene rings is 1. The Hall–Kier alpha value is -4.48. The lowest BCUT2D eigenvalue weighted by Crippen LogP contribution is -2.27. The van der Waals surface area contributed by atoms with Gasteiger partial charge in [-0.2, -0.15) is 0 Å². The van der Waals surface area contributed by atoms with E-state index in [0.717, 1.165) is 4.57 Å². The molecule has 0 spiro atoms. The number of ether oxygens (including phenoxy) is 2. The van der Waals surface area contributed by atoms with E-state index in [0.29, 0.717) is 5.70 Å². The van der Waals surface area contributed by atoms with Crippen LogP contribution in [0.3, 0.4) is 0 Å². The summed E-state index contributed by atoms with van der Waals surface area (Å²) in [6.45, 7) is 5.12. The van der Waals surface area contributed by atoms with Gasteiger partial charge in [-0.15, -0.1) is 0 Å². The summed E-state index contributed by atoms with van der Waals surface area (Å²) in [4.78, 5) is 49.3. The Bertz CT molecular complexity index is 1270. The highest BCUT2D eigenvalue weighted by molar-refractivity contribution is 6.03. The third-order valence-electron chi connectivity index (χ3n) is 4.34. The maximum Gasteiger partial charge on any atom is 0.267 e. The molecule has 0 aliphatic heterocycles. The molecule has 2 aromatic heterocycles. The summed E-state index contributed by atoms with van der Waals surface area (Å²) in [7, 11) is 2.85. The van der Waals surface area contributed by atoms with Gasteiger partial charge in [-0.25, -0.2) is 15.0 Å². The molecule has 0 fully saturated rings. The number of nitrogens with zero attached hydrogens (tertiary/aromatic N) is 4. The fourth-order valence-corrected chi connectivity index (χ4v) is 2.80. The van der Waals surface area contributed by atoms with E-state index in [2.05, 4.69) is 32.2 Å². The fraction of sp³-hybridized carbons (Fsp3) is 0.200. The number of hydrogen-bond acceptors (Lipinski definition) is 9. The zero-order valence-corrected chi connectivity index (χ0v) is 17.6. The zero-order chi connectivity index (χ0) is 23.4. The monoisotopic (exact) mass is 439 g/mol. The number of methoxy groups -OCH3 is 1. The minimum absolute atomic E-state index is 0.0123. The normalized spacial score (nSPS) is 10.5. The van der Waals surface area contributed by atoms with Crippen molar-refractivity contribution in [2.45, 2.75) is 6.92 Å². The average Bonchev–Trinajstić information content (AvgIpc) is 2.77. The van der Waals surface area contributed by atoms with Gasteiger partial charge in [0, 0.05) is 25.1 Å². The molecule has 1 aromatic carbocycles. The van der Waals surface area contributed by atoms with Crippen LogP contribution in [0.4, 0.5) is 11.9 Å². The van der Waals surface area contributed by atoms with Gasteiger partial charge in [-0.3, -0.25) is 24.3 Å². The third kappa shape index (κ3) is 4.33. The van der Waals surface area contributed by atoms with E-state index in [4.69, 9.17) is 15.2 Å². The Morgan fingerprint density at radius 2 is 1.94 bits per heavy atom. The quantitative estimate of drug-likeness (QED) is 0.479. The van der Waals surface area contributed by atoms with Crippen LogP contribution in [0.5, 0.6) is 11.5 Å². The number of carbonyl (C=O) groups is 2. The van der Waals surface area contributed by atoms with E-state index in [1.165, 1.54) is 38.7 Å². The van der Waals surface area contributed by atoms with Crippen LogP contribution in [-0.4, -0.2) is 52.1 Å². The molecular weight excluding hydrogens is 418 g/mol. The first-order chi connectivity index (χ1) is 15.3. The van der Waals surface area contributed by atoms with E-state index in [1.807, 2.05) is 0 Å². The lowest BCUT2D eigenvalue weighted by atomic mass is 10.2. The fourth-order valence-electron chi connectivity index (χ4n) is 2.80. The van der Waals surface area contributed by atoms with Crippen LogP contribution in [-0.2, 0) is 4.79 Å². The van der Waals surface area contributed by atoms with E-state index < -0.39 is 11.5 Å². The van der Waals surface area contributed by atoms with Crippen LogP contribution < -0.4 is 31.4 Å². The Balaban J connectivity index is 2.13. The molecule has 0 saturated carbocycles. The molecule has 2 heterocycles. The number of nitrogens with two attached hydrogens (primary N) is 1. The predicted molar refractivity (Wildman–Crippen MR) is 118 cm³/mol. The molecular formula is C20H21N7O5. The lowest BCUT2D eigenvalue weighted by Gasteiger charge is -2.16. The highest BCUT2D eigenvalue weighted by Crippen LogP contribution is 2.34. The number of aromatic nitrogens is 4. The molecule has 0 unspecified atom stereocenters. The minimum atomic E-state index is -0.614. The van der Waals surface area contributed by atoms with E-state index in [1.54, 1.807) is 6.92 Å². The number of likely N-dealkylation sites (N-methyl/N-ethyl adjacent to an activating group) is 1. The van der Waals surface area contributed by atoms with Gasteiger partial charge in [0.15, 0.2) is 18.1 Å². The number of hydrogen-bond donors (Lipinski definition) is 3. The Labute approximate surface area is 182 Å². The molecule has 3 aromatic rings. The molecule has 3 rings (SSSR count). The van der Waals surface area contributed by atoms with Gasteiger partial charge in [0.2, 0.25) is 11.9 Å². The average molecular weight is 439 g/mol. The SMILES string of the molecule is C=C(C)n1c(NC(=O)c2cnc(N)nc2)nc2c(OC)c(OCC(=O)NC)ccc2c1=O. The highest BCUT2D eigenvalue weighted by Gasteiger charge is 2.20. The highest BCUT2D eigenvalue weighted by atomic mass is 16.5. The Morgan fingerprint density at radius 3 is 2.53 bits per heavy atom. The van der Waals surface area contributed by atoms with Gasteiger partial charge < -0.3 is 20.5 Å². The first kappa shape index (κ1) is 22.2. The van der Waals surface area contributed by atoms with Crippen LogP contribution in [0.15, 0.2) is 35.9 Å². The molecule has 12 heteroatoms. The standard InChI is InChI=1S/C20H21N7O5/c1-10(2)27-18(30)12-5-6-13(32-9-14(28)22-3)16(31-4)15(12)25-20(27)26-17(29)11-7-23-19(21)24-8-11/h5-8H,1,9H2,2-4H3,(H,22,28)(H2,21,23,24)(H,25,26,29). The molecule has 0 atom stereocenters.